The van der Waals surface area contributed by atoms with Crippen LogP contribution in [-0.4, -0.2) is 75.3 Å². The number of likely N-dealkylation sites (N-methyl/N-ethyl adjacent to an activating group) is 1. The molecule has 1 saturated heterocycles. The first kappa shape index (κ1) is 32.5. The molecule has 2 N–H and O–H groups in total. The molecule has 254 valence electrons. The van der Waals surface area contributed by atoms with Crippen molar-refractivity contribution < 1.29 is 18.7 Å². The number of nitrogens with two attached hydrogens (primary N) is 1. The van der Waals surface area contributed by atoms with Gasteiger partial charge in [0.05, 0.1) is 41.5 Å². The van der Waals surface area contributed by atoms with Crippen molar-refractivity contribution in [3.8, 4) is 11.8 Å². The summed E-state index contributed by atoms with van der Waals surface area (Å²) in [6.07, 6.45) is 4.39. The Morgan fingerprint density at radius 2 is 2.02 bits per heavy atom. The van der Waals surface area contributed by atoms with Crippen LogP contribution in [0.25, 0.3) is 10.8 Å². The van der Waals surface area contributed by atoms with E-state index in [0.717, 1.165) is 52.9 Å². The number of carbonyl (C=O) groups is 1. The van der Waals surface area contributed by atoms with Crippen LogP contribution in [0.5, 0.6) is 11.8 Å². The number of nitrogens with zero attached hydrogens (tertiary/aromatic N) is 7. The number of anilines is 2. The third-order valence-corrected chi connectivity index (χ3v) is 10.3. The van der Waals surface area contributed by atoms with Crippen LogP contribution in [0.15, 0.2) is 36.7 Å². The molecule has 4 aromatic rings. The average molecular weight is 677 g/mol. The summed E-state index contributed by atoms with van der Waals surface area (Å²) in [6.45, 7) is 9.44. The van der Waals surface area contributed by atoms with E-state index in [1.165, 1.54) is 0 Å². The summed E-state index contributed by atoms with van der Waals surface area (Å²) in [6, 6.07) is 9.28. The number of hydrogen-bond donors (Lipinski definition) is 1. The Bertz CT molecular complexity index is 1850. The molecule has 1 fully saturated rings. The molecule has 11 nitrogen and oxygen atoms in total. The summed E-state index contributed by atoms with van der Waals surface area (Å²) < 4.78 is 28.7. The third-order valence-electron chi connectivity index (χ3n) is 10.0. The second kappa shape index (κ2) is 13.1. The lowest BCUT2D eigenvalue weighted by Gasteiger charge is -2.38. The summed E-state index contributed by atoms with van der Waals surface area (Å²) in [5, 5.41) is 2.30. The van der Waals surface area contributed by atoms with E-state index in [9.17, 15) is 9.18 Å². The van der Waals surface area contributed by atoms with Gasteiger partial charge in [0, 0.05) is 42.2 Å². The molecular weight excluding hydrogens is 635 g/mol. The second-order valence-corrected chi connectivity index (χ2v) is 14.0. The largest absolute Gasteiger partial charge is 0.462 e. The van der Waals surface area contributed by atoms with E-state index in [1.807, 2.05) is 48.7 Å². The highest BCUT2D eigenvalue weighted by Gasteiger charge is 2.33. The van der Waals surface area contributed by atoms with Gasteiger partial charge in [0.2, 0.25) is 5.95 Å². The number of likely N-dealkylation sites (tertiary alicyclic amines) is 1. The number of hydrogen-bond acceptors (Lipinski definition) is 10. The first-order chi connectivity index (χ1) is 23.1. The molecule has 48 heavy (non-hydrogen) atoms. The van der Waals surface area contributed by atoms with Crippen molar-refractivity contribution in [2.75, 3.05) is 36.5 Å². The highest BCUT2D eigenvalue weighted by atomic mass is 35.5. The van der Waals surface area contributed by atoms with E-state index < -0.39 is 18.0 Å². The molecule has 0 spiro atoms. The molecule has 3 aliphatic heterocycles. The lowest BCUT2D eigenvalue weighted by Crippen LogP contribution is -2.43. The summed E-state index contributed by atoms with van der Waals surface area (Å²) >= 11 is 6.81. The molecule has 2 unspecified atom stereocenters. The number of fused-ring (bicyclic) bond motifs is 3. The first-order valence-electron chi connectivity index (χ1n) is 16.7. The molecule has 0 bridgehead atoms. The van der Waals surface area contributed by atoms with Gasteiger partial charge in [-0.25, -0.2) is 9.78 Å². The molecule has 3 aliphatic rings. The minimum absolute atomic E-state index is 0.0447. The van der Waals surface area contributed by atoms with E-state index in [1.54, 1.807) is 6.33 Å². The number of imidazole rings is 1. The van der Waals surface area contributed by atoms with Gasteiger partial charge in [0.15, 0.2) is 0 Å². The fourth-order valence-corrected chi connectivity index (χ4v) is 7.31. The molecule has 0 radical (unpaired) electrons. The molecule has 0 aliphatic carbocycles. The average Bonchev–Trinajstić information content (AvgIpc) is 3.65. The maximum absolute atomic E-state index is 14.7. The topological polar surface area (TPSA) is 115 Å². The monoisotopic (exact) mass is 676 g/mol. The Morgan fingerprint density at radius 1 is 1.19 bits per heavy atom. The van der Waals surface area contributed by atoms with E-state index >= 15 is 0 Å². The Kier molecular flexibility index (Phi) is 8.90. The first-order valence-corrected chi connectivity index (χ1v) is 17.1. The van der Waals surface area contributed by atoms with Crippen molar-refractivity contribution in [3.63, 3.8) is 0 Å². The summed E-state index contributed by atoms with van der Waals surface area (Å²) in [7, 11) is 2.11. The Labute approximate surface area is 284 Å². The standard InChI is InChI=1S/C35H42ClFN8O3/c1-20(2)31(38)34(46)48-24-13-22-7-5-9-26(36)30(22)28(14-24)43-12-10-25-27(16-43)40-35(47-18-23-8-6-11-42(23)4)41-33(25)45-17-29-32(37)39-19-44(29)15-21(45)3/h5,7,9,13-14,19-21,23,31H,6,8,10-12,15-18,38H2,1-4H3/t21?,23-,31?/m0/s1. The van der Waals surface area contributed by atoms with Gasteiger partial charge in [-0.15, -0.1) is 0 Å². The number of aromatic nitrogens is 4. The van der Waals surface area contributed by atoms with Gasteiger partial charge in [0.25, 0.3) is 0 Å². The SMILES string of the molecule is CC(C)C(N)C(=O)Oc1cc(N2CCc3c(nc(OC[C@@H]4CCCN4C)nc3N3Cc4c(F)ncn4CC3C)C2)c2c(Cl)cccc2c1. The zero-order valence-electron chi connectivity index (χ0n) is 27.8. The van der Waals surface area contributed by atoms with E-state index in [4.69, 9.17) is 36.8 Å². The molecule has 3 atom stereocenters. The van der Waals surface area contributed by atoms with Gasteiger partial charge in [-0.05, 0) is 63.2 Å². The zero-order chi connectivity index (χ0) is 33.7. The van der Waals surface area contributed by atoms with Crippen molar-refractivity contribution >= 4 is 39.8 Å². The van der Waals surface area contributed by atoms with Gasteiger partial charge in [-0.3, -0.25) is 0 Å². The number of rotatable bonds is 8. The van der Waals surface area contributed by atoms with Crippen molar-refractivity contribution in [2.45, 2.75) is 77.8 Å². The van der Waals surface area contributed by atoms with Crippen molar-refractivity contribution in [3.05, 3.63) is 64.6 Å². The number of benzene rings is 2. The van der Waals surface area contributed by atoms with Crippen LogP contribution < -0.4 is 25.0 Å². The Balaban J connectivity index is 1.26. The smallest absolute Gasteiger partial charge is 0.328 e. The minimum Gasteiger partial charge on any atom is -0.462 e. The molecule has 13 heteroatoms. The maximum Gasteiger partial charge on any atom is 0.328 e. The molecule has 5 heterocycles. The summed E-state index contributed by atoms with van der Waals surface area (Å²) in [5.74, 6) is 0.161. The molecular formula is C35H42ClFN8O3. The van der Waals surface area contributed by atoms with Gasteiger partial charge < -0.3 is 34.5 Å². The van der Waals surface area contributed by atoms with Crippen LogP contribution in [0.3, 0.4) is 0 Å². The maximum atomic E-state index is 14.7. The lowest BCUT2D eigenvalue weighted by atomic mass is 10.0. The molecule has 0 saturated carbocycles. The predicted octanol–water partition coefficient (Wildman–Crippen LogP) is 4.95. The van der Waals surface area contributed by atoms with Crippen LogP contribution in [0, 0.1) is 11.9 Å². The molecule has 2 aromatic heterocycles. The van der Waals surface area contributed by atoms with Gasteiger partial charge in [-0.1, -0.05) is 37.6 Å². The van der Waals surface area contributed by atoms with Crippen LogP contribution >= 0.6 is 11.6 Å². The summed E-state index contributed by atoms with van der Waals surface area (Å²) in [4.78, 5) is 33.4. The minimum atomic E-state index is -0.743. The molecule has 2 aromatic carbocycles. The van der Waals surface area contributed by atoms with Crippen molar-refractivity contribution in [2.24, 2.45) is 11.7 Å². The van der Waals surface area contributed by atoms with E-state index in [-0.39, 0.29) is 12.0 Å². The zero-order valence-corrected chi connectivity index (χ0v) is 28.6. The van der Waals surface area contributed by atoms with Crippen LogP contribution in [-0.2, 0) is 30.8 Å². The number of esters is 1. The summed E-state index contributed by atoms with van der Waals surface area (Å²) in [5.41, 5.74) is 9.33. The van der Waals surface area contributed by atoms with Gasteiger partial charge in [0.1, 0.15) is 24.2 Å². The predicted molar refractivity (Wildman–Crippen MR) is 183 cm³/mol. The third kappa shape index (κ3) is 6.17. The lowest BCUT2D eigenvalue weighted by molar-refractivity contribution is -0.136. The van der Waals surface area contributed by atoms with Crippen LogP contribution in [0.1, 0.15) is 50.6 Å². The highest BCUT2D eigenvalue weighted by molar-refractivity contribution is 6.36. The number of carbonyl (C=O) groups excluding carboxylic acids is 1. The number of ether oxygens (including phenoxy) is 2. The fourth-order valence-electron chi connectivity index (χ4n) is 7.04. The highest BCUT2D eigenvalue weighted by Crippen LogP contribution is 2.40. The second-order valence-electron chi connectivity index (χ2n) is 13.6. The Morgan fingerprint density at radius 3 is 2.79 bits per heavy atom. The fraction of sp³-hybridized carbons (Fsp3) is 0.486. The van der Waals surface area contributed by atoms with Gasteiger partial charge in [-0.2, -0.15) is 14.4 Å². The van der Waals surface area contributed by atoms with Gasteiger partial charge >= 0.3 is 12.0 Å². The van der Waals surface area contributed by atoms with E-state index in [0.29, 0.717) is 67.7 Å². The molecule has 0 amide bonds. The normalized spacial score (nSPS) is 20.2. The quantitative estimate of drug-likeness (QED) is 0.203. The molecule has 7 rings (SSSR count). The van der Waals surface area contributed by atoms with Crippen molar-refractivity contribution in [1.29, 1.82) is 0 Å². The van der Waals surface area contributed by atoms with Crippen LogP contribution in [0.4, 0.5) is 15.9 Å². The van der Waals surface area contributed by atoms with Crippen LogP contribution in [0.2, 0.25) is 5.02 Å². The number of halogens is 2. The van der Waals surface area contributed by atoms with E-state index in [2.05, 4.69) is 33.7 Å². The van der Waals surface area contributed by atoms with Crippen molar-refractivity contribution in [1.82, 2.24) is 24.4 Å². The Hall–Kier alpha value is -4.00.